The predicted molar refractivity (Wildman–Crippen MR) is 54.9 cm³/mol. The molecule has 0 saturated heterocycles. The van der Waals surface area contributed by atoms with E-state index in [4.69, 9.17) is 5.11 Å². The Morgan fingerprint density at radius 1 is 1.36 bits per heavy atom. The Morgan fingerprint density at radius 3 is 2.00 bits per heavy atom. The Morgan fingerprint density at radius 2 is 1.79 bits per heavy atom. The second kappa shape index (κ2) is 4.57. The summed E-state index contributed by atoms with van der Waals surface area (Å²) < 4.78 is 0.502. The molecule has 0 amide bonds. The number of nitrogens with zero attached hydrogens (tertiary/aromatic N) is 1. The number of rotatable bonds is 4. The number of quaternary nitrogens is 1. The Balaban J connectivity index is 4.88. The molecule has 0 aromatic carbocycles. The molecule has 4 nitrogen and oxygen atoms in total. The van der Waals surface area contributed by atoms with E-state index < -0.39 is 12.1 Å². The van der Waals surface area contributed by atoms with Gasteiger partial charge in [-0.1, -0.05) is 0 Å². The highest BCUT2D eigenvalue weighted by molar-refractivity contribution is 5.85. The monoisotopic (exact) mass is 202 g/mol. The number of aliphatic hydroxyl groups is 1. The molecule has 2 N–H and O–H groups in total. The zero-order chi connectivity index (χ0) is 11.5. The van der Waals surface area contributed by atoms with E-state index in [0.717, 1.165) is 0 Å². The van der Waals surface area contributed by atoms with Crippen molar-refractivity contribution >= 4 is 5.97 Å². The Kier molecular flexibility index (Phi) is 4.29. The standard InChI is InChI=1S/C10H19NO3/c1-7(10(13)14)6-9(8(2)12)11(3,4)5/h6,8-9,12H,1-5H3/p+1. The molecule has 2 unspecified atom stereocenters. The summed E-state index contributed by atoms with van der Waals surface area (Å²) in [5.41, 5.74) is 0.268. The van der Waals surface area contributed by atoms with E-state index in [1.54, 1.807) is 13.0 Å². The van der Waals surface area contributed by atoms with Crippen molar-refractivity contribution in [1.29, 1.82) is 0 Å². The van der Waals surface area contributed by atoms with Crippen molar-refractivity contribution in [2.45, 2.75) is 26.0 Å². The van der Waals surface area contributed by atoms with Crippen LogP contribution in [0.15, 0.2) is 11.6 Å². The molecule has 4 heteroatoms. The summed E-state index contributed by atoms with van der Waals surface area (Å²) in [5, 5.41) is 18.2. The topological polar surface area (TPSA) is 57.5 Å². The average molecular weight is 202 g/mol. The summed E-state index contributed by atoms with van der Waals surface area (Å²) in [7, 11) is 5.76. The van der Waals surface area contributed by atoms with Crippen LogP contribution in [-0.2, 0) is 4.79 Å². The number of hydrogen-bond acceptors (Lipinski definition) is 2. The fourth-order valence-electron chi connectivity index (χ4n) is 1.34. The van der Waals surface area contributed by atoms with E-state index in [9.17, 15) is 9.90 Å². The SMILES string of the molecule is CC(=CC(C(C)O)[N+](C)(C)C)C(=O)O. The minimum absolute atomic E-state index is 0.203. The molecular formula is C10H20NO3+. The molecule has 0 fully saturated rings. The van der Waals surface area contributed by atoms with Crippen LogP contribution < -0.4 is 0 Å². The third-order valence-electron chi connectivity index (χ3n) is 2.15. The summed E-state index contributed by atoms with van der Waals surface area (Å²) in [6.07, 6.45) is 1.04. The molecule has 0 bridgehead atoms. The molecule has 0 radical (unpaired) electrons. The van der Waals surface area contributed by atoms with E-state index in [-0.39, 0.29) is 11.6 Å². The molecular weight excluding hydrogens is 182 g/mol. The van der Waals surface area contributed by atoms with Gasteiger partial charge in [0.1, 0.15) is 12.1 Å². The number of carboxylic acids is 1. The molecule has 0 aliphatic rings. The quantitative estimate of drug-likeness (QED) is 0.515. The molecule has 14 heavy (non-hydrogen) atoms. The van der Waals surface area contributed by atoms with Gasteiger partial charge in [0.05, 0.1) is 21.1 Å². The highest BCUT2D eigenvalue weighted by atomic mass is 16.4. The van der Waals surface area contributed by atoms with Gasteiger partial charge < -0.3 is 14.7 Å². The molecule has 0 saturated carbocycles. The van der Waals surface area contributed by atoms with Gasteiger partial charge in [-0.3, -0.25) is 0 Å². The van der Waals surface area contributed by atoms with Crippen molar-refractivity contribution in [3.8, 4) is 0 Å². The number of likely N-dealkylation sites (N-methyl/N-ethyl adjacent to an activating group) is 1. The first kappa shape index (κ1) is 13.1. The Bertz CT molecular complexity index is 238. The fourth-order valence-corrected chi connectivity index (χ4v) is 1.34. The van der Waals surface area contributed by atoms with Gasteiger partial charge in [-0.2, -0.15) is 0 Å². The smallest absolute Gasteiger partial charge is 0.331 e. The van der Waals surface area contributed by atoms with Gasteiger partial charge in [0, 0.05) is 5.57 Å². The van der Waals surface area contributed by atoms with Crippen molar-refractivity contribution in [1.82, 2.24) is 0 Å². The molecule has 0 aromatic heterocycles. The average Bonchev–Trinajstić information content (AvgIpc) is 1.96. The maximum absolute atomic E-state index is 10.6. The molecule has 0 spiro atoms. The number of aliphatic carboxylic acids is 1. The van der Waals surface area contributed by atoms with Gasteiger partial charge in [0.25, 0.3) is 0 Å². The van der Waals surface area contributed by atoms with Crippen molar-refractivity contribution in [3.63, 3.8) is 0 Å². The molecule has 0 aromatic rings. The third kappa shape index (κ3) is 3.89. The zero-order valence-corrected chi connectivity index (χ0v) is 9.48. The van der Waals surface area contributed by atoms with Crippen LogP contribution >= 0.6 is 0 Å². The summed E-state index contributed by atoms with van der Waals surface area (Å²) >= 11 is 0. The molecule has 0 aliphatic carbocycles. The van der Waals surface area contributed by atoms with E-state index in [1.165, 1.54) is 6.92 Å². The van der Waals surface area contributed by atoms with Gasteiger partial charge in [-0.25, -0.2) is 4.79 Å². The molecule has 82 valence electrons. The van der Waals surface area contributed by atoms with Gasteiger partial charge in [0.2, 0.25) is 0 Å². The normalized spacial score (nSPS) is 17.7. The molecule has 2 atom stereocenters. The van der Waals surface area contributed by atoms with Crippen LogP contribution in [0, 0.1) is 0 Å². The molecule has 0 heterocycles. The number of carbonyl (C=O) groups is 1. The van der Waals surface area contributed by atoms with Crippen LogP contribution in [0.5, 0.6) is 0 Å². The van der Waals surface area contributed by atoms with Crippen molar-refractivity contribution in [2.24, 2.45) is 0 Å². The van der Waals surface area contributed by atoms with Crippen LogP contribution in [0.25, 0.3) is 0 Å². The molecule has 0 aliphatic heterocycles. The minimum atomic E-state index is -0.941. The highest BCUT2D eigenvalue weighted by Crippen LogP contribution is 2.12. The van der Waals surface area contributed by atoms with Crippen LogP contribution in [0.4, 0.5) is 0 Å². The summed E-state index contributed by atoms with van der Waals surface area (Å²) in [6, 6.07) is -0.203. The first-order valence-corrected chi connectivity index (χ1v) is 4.57. The highest BCUT2D eigenvalue weighted by Gasteiger charge is 2.27. The first-order valence-electron chi connectivity index (χ1n) is 4.57. The third-order valence-corrected chi connectivity index (χ3v) is 2.15. The zero-order valence-electron chi connectivity index (χ0n) is 9.48. The lowest BCUT2D eigenvalue weighted by molar-refractivity contribution is -0.892. The van der Waals surface area contributed by atoms with Gasteiger partial charge in [-0.05, 0) is 19.9 Å². The van der Waals surface area contributed by atoms with Crippen LogP contribution in [0.2, 0.25) is 0 Å². The minimum Gasteiger partial charge on any atom is -0.478 e. The maximum atomic E-state index is 10.6. The summed E-state index contributed by atoms with van der Waals surface area (Å²) in [4.78, 5) is 10.6. The Hall–Kier alpha value is -0.870. The largest absolute Gasteiger partial charge is 0.478 e. The van der Waals surface area contributed by atoms with Gasteiger partial charge in [0.15, 0.2) is 0 Å². The number of aliphatic hydroxyl groups excluding tert-OH is 1. The van der Waals surface area contributed by atoms with E-state index >= 15 is 0 Å². The van der Waals surface area contributed by atoms with E-state index in [0.29, 0.717) is 4.48 Å². The number of hydrogen-bond donors (Lipinski definition) is 2. The molecule has 0 rings (SSSR count). The predicted octanol–water partition coefficient (Wildman–Crippen LogP) is 0.473. The first-order chi connectivity index (χ1) is 6.16. The lowest BCUT2D eigenvalue weighted by atomic mass is 10.1. The van der Waals surface area contributed by atoms with Crippen LogP contribution in [-0.4, -0.2) is 54.0 Å². The van der Waals surface area contributed by atoms with Crippen molar-refractivity contribution < 1.29 is 19.5 Å². The van der Waals surface area contributed by atoms with Crippen molar-refractivity contribution in [3.05, 3.63) is 11.6 Å². The summed E-state index contributed by atoms with van der Waals surface area (Å²) in [5.74, 6) is -0.941. The number of carboxylic acid groups (broad SMARTS) is 1. The lowest BCUT2D eigenvalue weighted by Crippen LogP contribution is -2.49. The fraction of sp³-hybridized carbons (Fsp3) is 0.700. The van der Waals surface area contributed by atoms with E-state index in [2.05, 4.69) is 0 Å². The Labute approximate surface area is 85.1 Å². The second-order valence-corrected chi connectivity index (χ2v) is 4.50. The van der Waals surface area contributed by atoms with Gasteiger partial charge in [-0.15, -0.1) is 0 Å². The van der Waals surface area contributed by atoms with Crippen LogP contribution in [0.3, 0.4) is 0 Å². The van der Waals surface area contributed by atoms with Crippen molar-refractivity contribution in [2.75, 3.05) is 21.1 Å². The maximum Gasteiger partial charge on any atom is 0.331 e. The van der Waals surface area contributed by atoms with Gasteiger partial charge >= 0.3 is 5.97 Å². The van der Waals surface area contributed by atoms with Crippen LogP contribution in [0.1, 0.15) is 13.8 Å². The lowest BCUT2D eigenvalue weighted by Gasteiger charge is -2.34. The van der Waals surface area contributed by atoms with E-state index in [1.807, 2.05) is 21.1 Å². The summed E-state index contributed by atoms with van der Waals surface area (Å²) in [6.45, 7) is 3.20. The second-order valence-electron chi connectivity index (χ2n) is 4.50.